The fourth-order valence-electron chi connectivity index (χ4n) is 6.44. The van der Waals surface area contributed by atoms with Crippen LogP contribution >= 0.6 is 11.6 Å². The molecule has 2 unspecified atom stereocenters. The first-order chi connectivity index (χ1) is 17.5. The van der Waals surface area contributed by atoms with E-state index in [0.29, 0.717) is 35.9 Å². The molecule has 5 rings (SSSR count). The number of piperidine rings is 1. The van der Waals surface area contributed by atoms with Crippen molar-refractivity contribution in [1.82, 2.24) is 9.47 Å². The minimum absolute atomic E-state index is 0.167. The summed E-state index contributed by atoms with van der Waals surface area (Å²) >= 11 is 5.98. The predicted molar refractivity (Wildman–Crippen MR) is 144 cm³/mol. The number of hydrogen-bond acceptors (Lipinski definition) is 4. The first-order valence-electron chi connectivity index (χ1n) is 13.2. The number of halogens is 1. The van der Waals surface area contributed by atoms with E-state index in [2.05, 4.69) is 9.47 Å². The van der Waals surface area contributed by atoms with Crippen LogP contribution in [0, 0.1) is 5.92 Å². The summed E-state index contributed by atoms with van der Waals surface area (Å²) in [6, 6.07) is 14.4. The second kappa shape index (κ2) is 10.8. The Bertz CT molecular complexity index is 1240. The third kappa shape index (κ3) is 4.96. The van der Waals surface area contributed by atoms with Crippen molar-refractivity contribution in [3.05, 3.63) is 64.8 Å². The van der Waals surface area contributed by atoms with Gasteiger partial charge in [0, 0.05) is 65.7 Å². The number of Topliss-reactive ketones (excluding diaryl/α,β-unsaturated/α-hetero) is 2. The summed E-state index contributed by atoms with van der Waals surface area (Å²) in [5, 5.41) is 1.64. The lowest BCUT2D eigenvalue weighted by Crippen LogP contribution is -2.43. The van der Waals surface area contributed by atoms with Gasteiger partial charge in [-0.3, -0.25) is 14.5 Å². The number of fused-ring (bicyclic) bond motifs is 3. The number of benzene rings is 2. The van der Waals surface area contributed by atoms with Gasteiger partial charge in [0.25, 0.3) is 0 Å². The standard InChI is InChI=1S/C30H35ClN2O3/c1-3-27(34)26-19-32(30-25(26)6-4-7-29(30)36-2)14-5-15-33-23-12-13-24(33)17-20(16-23)18-28(35)21-8-10-22(31)11-9-21/h4,6-11,19-20,23-24H,3,5,12-18H2,1-2H3/t20?,23-,24?/m1/s1. The molecule has 5 nitrogen and oxygen atoms in total. The minimum atomic E-state index is 0.167. The first kappa shape index (κ1) is 25.0. The van der Waals surface area contributed by atoms with Gasteiger partial charge in [0.1, 0.15) is 5.75 Å². The molecule has 3 atom stereocenters. The van der Waals surface area contributed by atoms with E-state index in [-0.39, 0.29) is 11.6 Å². The molecule has 0 radical (unpaired) electrons. The van der Waals surface area contributed by atoms with Gasteiger partial charge < -0.3 is 9.30 Å². The van der Waals surface area contributed by atoms with Crippen molar-refractivity contribution in [2.75, 3.05) is 13.7 Å². The molecule has 2 aliphatic heterocycles. The van der Waals surface area contributed by atoms with Gasteiger partial charge in [-0.25, -0.2) is 0 Å². The maximum Gasteiger partial charge on any atom is 0.164 e. The summed E-state index contributed by atoms with van der Waals surface area (Å²) in [6.07, 6.45) is 8.82. The lowest BCUT2D eigenvalue weighted by Gasteiger charge is -2.39. The van der Waals surface area contributed by atoms with E-state index in [1.807, 2.05) is 43.5 Å². The van der Waals surface area contributed by atoms with E-state index in [1.165, 1.54) is 12.8 Å². The number of hydrogen-bond donors (Lipinski definition) is 0. The van der Waals surface area contributed by atoms with Crippen LogP contribution < -0.4 is 4.74 Å². The number of aromatic nitrogens is 1. The topological polar surface area (TPSA) is 51.5 Å². The number of carbonyl (C=O) groups excluding carboxylic acids is 2. The van der Waals surface area contributed by atoms with E-state index < -0.39 is 0 Å². The summed E-state index contributed by atoms with van der Waals surface area (Å²) < 4.78 is 7.84. The summed E-state index contributed by atoms with van der Waals surface area (Å²) in [4.78, 5) is 28.1. The van der Waals surface area contributed by atoms with Gasteiger partial charge in [-0.1, -0.05) is 30.7 Å². The molecule has 190 valence electrons. The molecule has 2 bridgehead atoms. The SMILES string of the molecule is CCC(=O)c1cn(CCCN2C3CC[C@@H]2CC(CC(=O)c2ccc(Cl)cc2)C3)c2c(OC)cccc12. The third-order valence-corrected chi connectivity index (χ3v) is 8.39. The molecular weight excluding hydrogens is 472 g/mol. The number of ketones is 2. The van der Waals surface area contributed by atoms with Gasteiger partial charge in [0.2, 0.25) is 0 Å². The third-order valence-electron chi connectivity index (χ3n) is 8.14. The van der Waals surface area contributed by atoms with Crippen molar-refractivity contribution in [1.29, 1.82) is 0 Å². The molecule has 2 aliphatic rings. The number of ether oxygens (including phenoxy) is 1. The Kier molecular flexibility index (Phi) is 7.49. The van der Waals surface area contributed by atoms with Crippen LogP contribution in [-0.4, -0.2) is 46.8 Å². The predicted octanol–water partition coefficient (Wildman–Crippen LogP) is 6.80. The summed E-state index contributed by atoms with van der Waals surface area (Å²) in [7, 11) is 1.69. The molecule has 2 fully saturated rings. The van der Waals surface area contributed by atoms with Crippen LogP contribution in [0.25, 0.3) is 10.9 Å². The van der Waals surface area contributed by atoms with E-state index in [0.717, 1.165) is 60.1 Å². The van der Waals surface area contributed by atoms with Gasteiger partial charge in [-0.2, -0.15) is 0 Å². The van der Waals surface area contributed by atoms with Crippen molar-refractivity contribution in [3.63, 3.8) is 0 Å². The highest BCUT2D eigenvalue weighted by Crippen LogP contribution is 2.40. The second-order valence-electron chi connectivity index (χ2n) is 10.3. The maximum absolute atomic E-state index is 12.8. The lowest BCUT2D eigenvalue weighted by molar-refractivity contribution is 0.0807. The minimum Gasteiger partial charge on any atom is -0.495 e. The van der Waals surface area contributed by atoms with E-state index in [4.69, 9.17) is 16.3 Å². The molecule has 2 aromatic carbocycles. The van der Waals surface area contributed by atoms with Gasteiger partial charge >= 0.3 is 0 Å². The molecule has 0 spiro atoms. The summed E-state index contributed by atoms with van der Waals surface area (Å²) in [5.41, 5.74) is 2.57. The molecule has 6 heteroatoms. The van der Waals surface area contributed by atoms with E-state index in [1.54, 1.807) is 19.2 Å². The Hall–Kier alpha value is -2.63. The Balaban J connectivity index is 1.21. The van der Waals surface area contributed by atoms with Crippen LogP contribution in [0.2, 0.25) is 5.02 Å². The largest absolute Gasteiger partial charge is 0.495 e. The van der Waals surface area contributed by atoms with Crippen LogP contribution in [0.3, 0.4) is 0 Å². The van der Waals surface area contributed by atoms with Gasteiger partial charge in [0.05, 0.1) is 12.6 Å². The van der Waals surface area contributed by atoms with Crippen molar-refractivity contribution < 1.29 is 14.3 Å². The molecule has 0 N–H and O–H groups in total. The number of rotatable bonds is 10. The highest BCUT2D eigenvalue weighted by Gasteiger charge is 2.40. The molecule has 36 heavy (non-hydrogen) atoms. The number of para-hydroxylation sites is 1. The maximum atomic E-state index is 12.8. The number of nitrogens with zero attached hydrogens (tertiary/aromatic N) is 2. The highest BCUT2D eigenvalue weighted by atomic mass is 35.5. The van der Waals surface area contributed by atoms with Crippen molar-refractivity contribution in [2.45, 2.75) is 70.5 Å². The number of methoxy groups -OCH3 is 1. The average molecular weight is 507 g/mol. The molecule has 1 aromatic heterocycles. The monoisotopic (exact) mass is 506 g/mol. The quantitative estimate of drug-likeness (QED) is 0.284. The van der Waals surface area contributed by atoms with Gasteiger partial charge in [0.15, 0.2) is 11.6 Å². The van der Waals surface area contributed by atoms with Crippen LogP contribution in [0.5, 0.6) is 5.75 Å². The van der Waals surface area contributed by atoms with Crippen LogP contribution in [0.4, 0.5) is 0 Å². The smallest absolute Gasteiger partial charge is 0.164 e. The molecule has 0 aliphatic carbocycles. The first-order valence-corrected chi connectivity index (χ1v) is 13.6. The number of aryl methyl sites for hydroxylation is 1. The Morgan fingerprint density at radius 1 is 1.00 bits per heavy atom. The molecule has 0 amide bonds. The van der Waals surface area contributed by atoms with Crippen molar-refractivity contribution in [2.24, 2.45) is 5.92 Å². The fourth-order valence-corrected chi connectivity index (χ4v) is 6.56. The highest BCUT2D eigenvalue weighted by molar-refractivity contribution is 6.30. The van der Waals surface area contributed by atoms with Gasteiger partial charge in [-0.15, -0.1) is 0 Å². The van der Waals surface area contributed by atoms with Crippen LogP contribution in [0.15, 0.2) is 48.7 Å². The zero-order valence-corrected chi connectivity index (χ0v) is 22.0. The van der Waals surface area contributed by atoms with E-state index in [9.17, 15) is 9.59 Å². The molecule has 0 saturated carbocycles. The fraction of sp³-hybridized carbons (Fsp3) is 0.467. The molecule has 3 heterocycles. The van der Waals surface area contributed by atoms with Crippen molar-refractivity contribution in [3.8, 4) is 5.75 Å². The Labute approximate surface area is 218 Å². The average Bonchev–Trinajstić information content (AvgIpc) is 3.37. The Morgan fingerprint density at radius 3 is 2.39 bits per heavy atom. The molecule has 3 aromatic rings. The van der Waals surface area contributed by atoms with Crippen LogP contribution in [-0.2, 0) is 6.54 Å². The number of carbonyl (C=O) groups is 2. The molecule has 2 saturated heterocycles. The lowest BCUT2D eigenvalue weighted by atomic mass is 9.85. The van der Waals surface area contributed by atoms with Crippen LogP contribution in [0.1, 0.15) is 72.6 Å². The van der Waals surface area contributed by atoms with Crippen molar-refractivity contribution >= 4 is 34.1 Å². The summed E-state index contributed by atoms with van der Waals surface area (Å²) in [6.45, 7) is 3.80. The van der Waals surface area contributed by atoms with Gasteiger partial charge in [-0.05, 0) is 68.4 Å². The van der Waals surface area contributed by atoms with E-state index >= 15 is 0 Å². The zero-order valence-electron chi connectivity index (χ0n) is 21.2. The normalized spacial score (nSPS) is 21.7. The zero-order chi connectivity index (χ0) is 25.2. The second-order valence-corrected chi connectivity index (χ2v) is 10.8. The molecular formula is C30H35ClN2O3. The summed E-state index contributed by atoms with van der Waals surface area (Å²) in [5.74, 6) is 1.67. The Morgan fingerprint density at radius 2 is 1.72 bits per heavy atom.